The first-order valence-corrected chi connectivity index (χ1v) is 8.49. The highest BCUT2D eigenvalue weighted by atomic mass is 16.5. The summed E-state index contributed by atoms with van der Waals surface area (Å²) in [5, 5.41) is 3.98. The van der Waals surface area contributed by atoms with Crippen LogP contribution in [0.25, 0.3) is 0 Å². The Bertz CT molecular complexity index is 889. The van der Waals surface area contributed by atoms with E-state index >= 15 is 0 Å². The summed E-state index contributed by atoms with van der Waals surface area (Å²) < 4.78 is 10.8. The van der Waals surface area contributed by atoms with E-state index < -0.39 is 0 Å². The number of hydrazone groups is 1. The van der Waals surface area contributed by atoms with Crippen molar-refractivity contribution in [2.45, 2.75) is 6.61 Å². The molecule has 0 spiro atoms. The summed E-state index contributed by atoms with van der Waals surface area (Å²) >= 11 is 0. The maximum atomic E-state index is 12.1. The van der Waals surface area contributed by atoms with Crippen molar-refractivity contribution in [2.75, 3.05) is 7.11 Å². The Morgan fingerprint density at radius 3 is 2.26 bits per heavy atom. The molecule has 3 aromatic rings. The van der Waals surface area contributed by atoms with Crippen LogP contribution in [0, 0.1) is 0 Å². The van der Waals surface area contributed by atoms with E-state index in [0.717, 1.165) is 16.9 Å². The van der Waals surface area contributed by atoms with E-state index in [2.05, 4.69) is 10.5 Å². The van der Waals surface area contributed by atoms with E-state index in [4.69, 9.17) is 9.47 Å². The van der Waals surface area contributed by atoms with Gasteiger partial charge in [0.2, 0.25) is 0 Å². The van der Waals surface area contributed by atoms with Crippen molar-refractivity contribution in [3.05, 3.63) is 95.6 Å². The Morgan fingerprint density at radius 1 is 0.926 bits per heavy atom. The Hall–Kier alpha value is -3.60. The van der Waals surface area contributed by atoms with E-state index in [0.29, 0.717) is 17.9 Å². The fourth-order valence-electron chi connectivity index (χ4n) is 2.36. The number of carbonyl (C=O) groups excluding carboxylic acids is 1. The van der Waals surface area contributed by atoms with Crippen LogP contribution < -0.4 is 14.9 Å². The van der Waals surface area contributed by atoms with Gasteiger partial charge in [-0.2, -0.15) is 5.10 Å². The van der Waals surface area contributed by atoms with Crippen LogP contribution in [0.2, 0.25) is 0 Å². The molecule has 0 bridgehead atoms. The van der Waals surface area contributed by atoms with E-state index in [1.165, 1.54) is 0 Å². The number of ether oxygens (including phenoxy) is 2. The molecule has 3 aromatic carbocycles. The predicted octanol–water partition coefficient (Wildman–Crippen LogP) is 4.04. The fourth-order valence-corrected chi connectivity index (χ4v) is 2.36. The van der Waals surface area contributed by atoms with Gasteiger partial charge in [-0.15, -0.1) is 0 Å². The highest BCUT2D eigenvalue weighted by molar-refractivity contribution is 5.95. The summed E-state index contributed by atoms with van der Waals surface area (Å²) in [5.41, 5.74) is 4.97. The predicted molar refractivity (Wildman–Crippen MR) is 105 cm³/mol. The Morgan fingerprint density at radius 2 is 1.59 bits per heavy atom. The standard InChI is InChI=1S/C22H20N2O3/c1-26-20-11-7-17(8-12-20)15-23-24-22(25)19-9-13-21(14-10-19)27-16-18-5-3-2-4-6-18/h2-15H,16H2,1H3,(H,24,25)/b23-15+. The second-order valence-corrected chi connectivity index (χ2v) is 5.77. The summed E-state index contributed by atoms with van der Waals surface area (Å²) in [6, 6.07) is 24.2. The van der Waals surface area contributed by atoms with Gasteiger partial charge in [-0.1, -0.05) is 30.3 Å². The van der Waals surface area contributed by atoms with Crippen LogP contribution in [-0.4, -0.2) is 19.2 Å². The number of nitrogens with one attached hydrogen (secondary N) is 1. The smallest absolute Gasteiger partial charge is 0.271 e. The van der Waals surface area contributed by atoms with Gasteiger partial charge >= 0.3 is 0 Å². The lowest BCUT2D eigenvalue weighted by atomic mass is 10.2. The average molecular weight is 360 g/mol. The number of carbonyl (C=O) groups is 1. The summed E-state index contributed by atoms with van der Waals surface area (Å²) in [5.74, 6) is 1.19. The van der Waals surface area contributed by atoms with Crippen molar-refractivity contribution < 1.29 is 14.3 Å². The van der Waals surface area contributed by atoms with E-state index in [9.17, 15) is 4.79 Å². The van der Waals surface area contributed by atoms with Crippen molar-refractivity contribution in [1.29, 1.82) is 0 Å². The van der Waals surface area contributed by atoms with Crippen LogP contribution in [0.5, 0.6) is 11.5 Å². The summed E-state index contributed by atoms with van der Waals surface area (Å²) in [6.07, 6.45) is 1.58. The van der Waals surface area contributed by atoms with Crippen LogP contribution in [0.4, 0.5) is 0 Å². The van der Waals surface area contributed by atoms with E-state index in [1.54, 1.807) is 37.6 Å². The molecule has 1 N–H and O–H groups in total. The Kier molecular flexibility index (Phi) is 6.20. The molecule has 0 aromatic heterocycles. The third-order valence-corrected chi connectivity index (χ3v) is 3.86. The molecular formula is C22H20N2O3. The van der Waals surface area contributed by atoms with Crippen molar-refractivity contribution in [3.63, 3.8) is 0 Å². The molecule has 0 atom stereocenters. The monoisotopic (exact) mass is 360 g/mol. The van der Waals surface area contributed by atoms with Crippen LogP contribution in [0.3, 0.4) is 0 Å². The molecule has 27 heavy (non-hydrogen) atoms. The van der Waals surface area contributed by atoms with Gasteiger partial charge in [-0.05, 0) is 59.7 Å². The third-order valence-electron chi connectivity index (χ3n) is 3.86. The first-order chi connectivity index (χ1) is 13.2. The Balaban J connectivity index is 1.51. The van der Waals surface area contributed by atoms with Crippen molar-refractivity contribution >= 4 is 12.1 Å². The molecule has 0 aliphatic rings. The molecule has 0 radical (unpaired) electrons. The Labute approximate surface area is 158 Å². The topological polar surface area (TPSA) is 59.9 Å². The van der Waals surface area contributed by atoms with E-state index in [1.807, 2.05) is 54.6 Å². The first-order valence-electron chi connectivity index (χ1n) is 8.49. The van der Waals surface area contributed by atoms with Crippen LogP contribution in [0.15, 0.2) is 84.0 Å². The molecule has 0 unspecified atom stereocenters. The van der Waals surface area contributed by atoms with Gasteiger partial charge in [0.05, 0.1) is 13.3 Å². The summed E-state index contributed by atoms with van der Waals surface area (Å²) in [7, 11) is 1.61. The van der Waals surface area contributed by atoms with Gasteiger partial charge in [-0.25, -0.2) is 5.43 Å². The number of benzene rings is 3. The largest absolute Gasteiger partial charge is 0.497 e. The minimum absolute atomic E-state index is 0.283. The minimum Gasteiger partial charge on any atom is -0.497 e. The summed E-state index contributed by atoms with van der Waals surface area (Å²) in [6.45, 7) is 0.485. The lowest BCUT2D eigenvalue weighted by Gasteiger charge is -2.07. The SMILES string of the molecule is COc1ccc(/C=N/NC(=O)c2ccc(OCc3ccccc3)cc2)cc1. The number of methoxy groups -OCH3 is 1. The van der Waals surface area contributed by atoms with Crippen molar-refractivity contribution in [3.8, 4) is 11.5 Å². The number of amides is 1. The molecule has 5 nitrogen and oxygen atoms in total. The average Bonchev–Trinajstić information content (AvgIpc) is 2.74. The van der Waals surface area contributed by atoms with Gasteiger partial charge in [-0.3, -0.25) is 4.79 Å². The molecule has 0 fully saturated rings. The second kappa shape index (κ2) is 9.20. The zero-order chi connectivity index (χ0) is 18.9. The normalized spacial score (nSPS) is 10.6. The zero-order valence-corrected chi connectivity index (χ0v) is 15.0. The highest BCUT2D eigenvalue weighted by Crippen LogP contribution is 2.14. The molecule has 5 heteroatoms. The maximum absolute atomic E-state index is 12.1. The van der Waals surface area contributed by atoms with Crippen LogP contribution >= 0.6 is 0 Å². The first kappa shape index (κ1) is 18.2. The van der Waals surface area contributed by atoms with Crippen LogP contribution in [0.1, 0.15) is 21.5 Å². The lowest BCUT2D eigenvalue weighted by molar-refractivity contribution is 0.0955. The summed E-state index contributed by atoms with van der Waals surface area (Å²) in [4.78, 5) is 12.1. The third kappa shape index (κ3) is 5.44. The molecule has 0 heterocycles. The minimum atomic E-state index is -0.283. The van der Waals surface area contributed by atoms with Gasteiger partial charge in [0.25, 0.3) is 5.91 Å². The van der Waals surface area contributed by atoms with Crippen LogP contribution in [-0.2, 0) is 6.61 Å². The van der Waals surface area contributed by atoms with Gasteiger partial charge < -0.3 is 9.47 Å². The maximum Gasteiger partial charge on any atom is 0.271 e. The van der Waals surface area contributed by atoms with E-state index in [-0.39, 0.29) is 5.91 Å². The molecular weight excluding hydrogens is 340 g/mol. The quantitative estimate of drug-likeness (QED) is 0.511. The number of hydrogen-bond acceptors (Lipinski definition) is 4. The highest BCUT2D eigenvalue weighted by Gasteiger charge is 2.04. The lowest BCUT2D eigenvalue weighted by Crippen LogP contribution is -2.17. The molecule has 0 aliphatic carbocycles. The van der Waals surface area contributed by atoms with Gasteiger partial charge in [0, 0.05) is 5.56 Å². The number of hydrogen-bond donors (Lipinski definition) is 1. The van der Waals surface area contributed by atoms with Gasteiger partial charge in [0.1, 0.15) is 18.1 Å². The number of rotatable bonds is 7. The molecule has 3 rings (SSSR count). The molecule has 0 saturated heterocycles. The zero-order valence-electron chi connectivity index (χ0n) is 15.0. The molecule has 0 saturated carbocycles. The fraction of sp³-hybridized carbons (Fsp3) is 0.0909. The molecule has 1 amide bonds. The van der Waals surface area contributed by atoms with Gasteiger partial charge in [0.15, 0.2) is 0 Å². The molecule has 0 aliphatic heterocycles. The number of nitrogens with zero attached hydrogens (tertiary/aromatic N) is 1. The van der Waals surface area contributed by atoms with Crippen molar-refractivity contribution in [1.82, 2.24) is 5.43 Å². The second-order valence-electron chi connectivity index (χ2n) is 5.77. The van der Waals surface area contributed by atoms with Crippen molar-refractivity contribution in [2.24, 2.45) is 5.10 Å². The molecule has 136 valence electrons.